The minimum Gasteiger partial charge on any atom is -0.497 e. The van der Waals surface area contributed by atoms with E-state index in [-0.39, 0.29) is 23.3 Å². The van der Waals surface area contributed by atoms with E-state index in [1.54, 1.807) is 25.3 Å². The van der Waals surface area contributed by atoms with E-state index in [0.29, 0.717) is 25.4 Å². The highest BCUT2D eigenvalue weighted by Crippen LogP contribution is 2.40. The molecule has 1 saturated heterocycles. The van der Waals surface area contributed by atoms with Crippen LogP contribution in [0.4, 0.5) is 0 Å². The number of aromatic nitrogens is 1. The molecule has 148 valence electrons. The van der Waals surface area contributed by atoms with E-state index in [0.717, 1.165) is 29.0 Å². The van der Waals surface area contributed by atoms with Crippen LogP contribution in [-0.2, 0) is 6.54 Å². The number of pyridine rings is 1. The van der Waals surface area contributed by atoms with Crippen molar-refractivity contribution in [2.75, 3.05) is 20.2 Å². The van der Waals surface area contributed by atoms with Crippen LogP contribution < -0.4 is 10.3 Å². The summed E-state index contributed by atoms with van der Waals surface area (Å²) in [4.78, 5) is 27.3. The normalized spacial score (nSPS) is 20.2. The Hall–Kier alpha value is -3.28. The number of carbonyl (C=O) groups is 1. The molecular weight excluding hydrogens is 368 g/mol. The van der Waals surface area contributed by atoms with Crippen LogP contribution in [0.5, 0.6) is 5.75 Å². The first kappa shape index (κ1) is 17.8. The van der Waals surface area contributed by atoms with Crippen molar-refractivity contribution in [2.24, 2.45) is 5.92 Å². The van der Waals surface area contributed by atoms with Gasteiger partial charge in [0.2, 0.25) is 0 Å². The van der Waals surface area contributed by atoms with Crippen LogP contribution in [0.2, 0.25) is 0 Å². The molecule has 5 rings (SSSR count). The fraction of sp³-hybridized carbons (Fsp3) is 0.304. The lowest BCUT2D eigenvalue weighted by atomic mass is 9.80. The zero-order valence-electron chi connectivity index (χ0n) is 16.2. The first-order valence-electron chi connectivity index (χ1n) is 9.85. The average Bonchev–Trinajstić information content (AvgIpc) is 3.29. The van der Waals surface area contributed by atoms with Crippen molar-refractivity contribution in [1.82, 2.24) is 9.47 Å². The van der Waals surface area contributed by atoms with Gasteiger partial charge in [0.1, 0.15) is 5.75 Å². The number of likely N-dealkylation sites (tertiary alicyclic amines) is 1. The second kappa shape index (κ2) is 6.95. The van der Waals surface area contributed by atoms with Gasteiger partial charge in [-0.2, -0.15) is 0 Å². The molecule has 0 N–H and O–H groups in total. The molecule has 6 nitrogen and oxygen atoms in total. The van der Waals surface area contributed by atoms with Crippen molar-refractivity contribution in [3.8, 4) is 16.9 Å². The summed E-state index contributed by atoms with van der Waals surface area (Å²) in [7, 11) is 1.64. The number of ether oxygens (including phenoxy) is 1. The topological polar surface area (TPSA) is 64.7 Å². The smallest absolute Gasteiger partial charge is 0.289 e. The van der Waals surface area contributed by atoms with Crippen molar-refractivity contribution in [3.05, 3.63) is 76.6 Å². The van der Waals surface area contributed by atoms with Crippen LogP contribution in [0.25, 0.3) is 11.1 Å². The maximum absolute atomic E-state index is 12.8. The molecular formula is C23H22N2O4. The summed E-state index contributed by atoms with van der Waals surface area (Å²) >= 11 is 0. The molecule has 0 aliphatic carbocycles. The predicted molar refractivity (Wildman–Crippen MR) is 108 cm³/mol. The fourth-order valence-corrected chi connectivity index (χ4v) is 4.75. The first-order valence-corrected chi connectivity index (χ1v) is 9.85. The van der Waals surface area contributed by atoms with Crippen LogP contribution in [0, 0.1) is 5.92 Å². The summed E-state index contributed by atoms with van der Waals surface area (Å²) in [6.45, 7) is 1.87. The van der Waals surface area contributed by atoms with Crippen LogP contribution in [0.15, 0.2) is 64.0 Å². The first-order chi connectivity index (χ1) is 14.1. The number of hydrogen-bond donors (Lipinski definition) is 0. The molecule has 2 aliphatic heterocycles. The van der Waals surface area contributed by atoms with E-state index >= 15 is 0 Å². The largest absolute Gasteiger partial charge is 0.497 e. The van der Waals surface area contributed by atoms with Gasteiger partial charge in [-0.1, -0.05) is 12.1 Å². The molecule has 2 aliphatic rings. The molecule has 1 amide bonds. The Morgan fingerprint density at radius 1 is 1.07 bits per heavy atom. The lowest BCUT2D eigenvalue weighted by Crippen LogP contribution is -2.49. The Morgan fingerprint density at radius 3 is 2.62 bits per heavy atom. The minimum atomic E-state index is -0.0811. The van der Waals surface area contributed by atoms with Crippen LogP contribution in [0.1, 0.15) is 28.6 Å². The van der Waals surface area contributed by atoms with E-state index in [1.165, 1.54) is 6.26 Å². The number of methoxy groups -OCH3 is 1. The third kappa shape index (κ3) is 3.05. The van der Waals surface area contributed by atoms with Gasteiger partial charge in [0, 0.05) is 42.9 Å². The Labute approximate surface area is 168 Å². The zero-order valence-corrected chi connectivity index (χ0v) is 16.2. The van der Waals surface area contributed by atoms with E-state index in [4.69, 9.17) is 9.15 Å². The number of benzene rings is 1. The predicted octanol–water partition coefficient (Wildman–Crippen LogP) is 3.38. The number of hydrogen-bond acceptors (Lipinski definition) is 4. The zero-order chi connectivity index (χ0) is 20.0. The van der Waals surface area contributed by atoms with Crippen molar-refractivity contribution < 1.29 is 13.9 Å². The minimum absolute atomic E-state index is 0.0257. The molecule has 0 unspecified atom stereocenters. The van der Waals surface area contributed by atoms with Gasteiger partial charge in [-0.25, -0.2) is 0 Å². The average molecular weight is 390 g/mol. The molecule has 2 bridgehead atoms. The Kier molecular flexibility index (Phi) is 4.27. The Balaban J connectivity index is 1.54. The molecule has 2 aromatic heterocycles. The Morgan fingerprint density at radius 2 is 1.90 bits per heavy atom. The summed E-state index contributed by atoms with van der Waals surface area (Å²) in [5, 5.41) is 0. The number of rotatable bonds is 3. The molecule has 0 spiro atoms. The number of carbonyl (C=O) groups excluding carboxylic acids is 1. The molecule has 2 atom stereocenters. The van der Waals surface area contributed by atoms with Crippen molar-refractivity contribution in [3.63, 3.8) is 0 Å². The molecule has 0 saturated carbocycles. The van der Waals surface area contributed by atoms with Crippen LogP contribution >= 0.6 is 0 Å². The van der Waals surface area contributed by atoms with E-state index in [2.05, 4.69) is 0 Å². The molecule has 3 aromatic rings. The summed E-state index contributed by atoms with van der Waals surface area (Å²) in [5.74, 6) is 1.47. The number of amides is 1. The Bertz CT molecular complexity index is 1100. The molecule has 1 fully saturated rings. The highest BCUT2D eigenvalue weighted by molar-refractivity contribution is 5.91. The van der Waals surface area contributed by atoms with Crippen molar-refractivity contribution >= 4 is 5.91 Å². The van der Waals surface area contributed by atoms with Gasteiger partial charge < -0.3 is 18.6 Å². The van der Waals surface area contributed by atoms with Gasteiger partial charge in [0.15, 0.2) is 5.76 Å². The number of nitrogens with zero attached hydrogens (tertiary/aromatic N) is 2. The van der Waals surface area contributed by atoms with Crippen LogP contribution in [0.3, 0.4) is 0 Å². The van der Waals surface area contributed by atoms with Gasteiger partial charge in [-0.3, -0.25) is 9.59 Å². The lowest BCUT2D eigenvalue weighted by molar-refractivity contribution is 0.0564. The van der Waals surface area contributed by atoms with Gasteiger partial charge in [-0.05, 0) is 48.2 Å². The SMILES string of the molecule is COc1ccc(-c2ccc(=O)n3c2[C@@H]2C[C@@H](CN(C(=O)c4ccco4)C2)C3)cc1. The molecule has 29 heavy (non-hydrogen) atoms. The van der Waals surface area contributed by atoms with Crippen molar-refractivity contribution in [2.45, 2.75) is 18.9 Å². The molecule has 1 aromatic carbocycles. The number of fused-ring (bicyclic) bond motifs is 4. The lowest BCUT2D eigenvalue weighted by Gasteiger charge is -2.43. The molecule has 6 heteroatoms. The maximum atomic E-state index is 12.8. The summed E-state index contributed by atoms with van der Waals surface area (Å²) in [5.41, 5.74) is 3.14. The van der Waals surface area contributed by atoms with Crippen molar-refractivity contribution in [1.29, 1.82) is 0 Å². The summed E-state index contributed by atoms with van der Waals surface area (Å²) in [6.07, 6.45) is 2.50. The van der Waals surface area contributed by atoms with Gasteiger partial charge >= 0.3 is 0 Å². The summed E-state index contributed by atoms with van der Waals surface area (Å²) in [6, 6.07) is 14.9. The second-order valence-electron chi connectivity index (χ2n) is 7.80. The third-order valence-electron chi connectivity index (χ3n) is 6.01. The van der Waals surface area contributed by atoms with Crippen LogP contribution in [-0.4, -0.2) is 35.6 Å². The second-order valence-corrected chi connectivity index (χ2v) is 7.80. The molecule has 0 radical (unpaired) electrons. The standard InChI is InChI=1S/C23H22N2O4/c1-28-18-6-4-16(5-7-18)19-8-9-21(26)25-13-15-11-17(22(19)25)14-24(12-15)23(27)20-3-2-10-29-20/h2-10,15,17H,11-14H2,1H3/t15-,17+/m0/s1. The summed E-state index contributed by atoms with van der Waals surface area (Å²) < 4.78 is 12.5. The van der Waals surface area contributed by atoms with Gasteiger partial charge in [-0.15, -0.1) is 0 Å². The number of furan rings is 1. The van der Waals surface area contributed by atoms with E-state index < -0.39 is 0 Å². The maximum Gasteiger partial charge on any atom is 0.289 e. The highest BCUT2D eigenvalue weighted by Gasteiger charge is 2.38. The molecule has 4 heterocycles. The van der Waals surface area contributed by atoms with Gasteiger partial charge in [0.05, 0.1) is 13.4 Å². The third-order valence-corrected chi connectivity index (χ3v) is 6.01. The monoisotopic (exact) mass is 390 g/mol. The van der Waals surface area contributed by atoms with Gasteiger partial charge in [0.25, 0.3) is 11.5 Å². The quantitative estimate of drug-likeness (QED) is 0.688. The van der Waals surface area contributed by atoms with E-state index in [9.17, 15) is 9.59 Å². The highest BCUT2D eigenvalue weighted by atomic mass is 16.5. The fourth-order valence-electron chi connectivity index (χ4n) is 4.75. The van der Waals surface area contributed by atoms with E-state index in [1.807, 2.05) is 39.8 Å². The number of piperidine rings is 1.